The molecule has 0 bridgehead atoms. The van der Waals surface area contributed by atoms with Gasteiger partial charge in [0.2, 0.25) is 0 Å². The summed E-state index contributed by atoms with van der Waals surface area (Å²) in [4.78, 5) is 30.4. The molecule has 4 aromatic rings. The number of hydroxylamine groups is 1. The van der Waals surface area contributed by atoms with Gasteiger partial charge in [-0.1, -0.05) is 18.2 Å². The summed E-state index contributed by atoms with van der Waals surface area (Å²) in [6.07, 6.45) is 7.15. The van der Waals surface area contributed by atoms with E-state index in [-0.39, 0.29) is 17.7 Å². The zero-order valence-electron chi connectivity index (χ0n) is 21.0. The van der Waals surface area contributed by atoms with Gasteiger partial charge in [-0.05, 0) is 84.0 Å². The summed E-state index contributed by atoms with van der Waals surface area (Å²) in [5.74, 6) is 0.213. The van der Waals surface area contributed by atoms with E-state index in [0.717, 1.165) is 51.7 Å². The van der Waals surface area contributed by atoms with E-state index in [2.05, 4.69) is 4.98 Å². The quantitative estimate of drug-likeness (QED) is 0.155. The Kier molecular flexibility index (Phi) is 7.15. The fourth-order valence-corrected chi connectivity index (χ4v) is 5.16. The van der Waals surface area contributed by atoms with E-state index in [1.165, 1.54) is 18.2 Å². The minimum Gasteiger partial charge on any atom is -0.508 e. The number of benzene rings is 3. The number of phenols is 1. The number of carbonyl (C=O) groups excluding carboxylic acids is 2. The lowest BCUT2D eigenvalue weighted by Crippen LogP contribution is -2.35. The first-order valence-electron chi connectivity index (χ1n) is 12.5. The topological polar surface area (TPSA) is 115 Å². The van der Waals surface area contributed by atoms with Crippen LogP contribution in [0, 0.1) is 0 Å². The van der Waals surface area contributed by atoms with Gasteiger partial charge in [-0.2, -0.15) is 0 Å². The number of carbonyl (C=O) groups is 2. The lowest BCUT2D eigenvalue weighted by atomic mass is 10.0. The van der Waals surface area contributed by atoms with Crippen LogP contribution in [0.25, 0.3) is 17.0 Å². The Morgan fingerprint density at radius 1 is 1.13 bits per heavy atom. The molecule has 38 heavy (non-hydrogen) atoms. The standard InChI is InChI=1S/C30H29N3O5/c1-38-24-9-11-25-22(18-31-27(25)17-24)14-15-33(30(36)20-4-7-23(34)8-5-20)28-12-6-21-16-19(2-10-26(21)28)3-13-29(35)32-37/h2-5,7-11,13,16-18,28,31,34,37H,6,12,14-15H2,1H3,(H,32,35)/b13-3+. The van der Waals surface area contributed by atoms with Crippen molar-refractivity contribution in [2.24, 2.45) is 0 Å². The van der Waals surface area contributed by atoms with E-state index in [1.54, 1.807) is 30.8 Å². The molecule has 8 heteroatoms. The second-order valence-corrected chi connectivity index (χ2v) is 9.34. The molecule has 1 aliphatic rings. The van der Waals surface area contributed by atoms with Crippen molar-refractivity contribution < 1.29 is 24.6 Å². The molecule has 0 aliphatic heterocycles. The van der Waals surface area contributed by atoms with Crippen LogP contribution in [0.5, 0.6) is 11.5 Å². The third-order valence-electron chi connectivity index (χ3n) is 7.10. The van der Waals surface area contributed by atoms with Crippen molar-refractivity contribution >= 4 is 28.8 Å². The number of amides is 2. The van der Waals surface area contributed by atoms with Crippen molar-refractivity contribution in [1.29, 1.82) is 0 Å². The van der Waals surface area contributed by atoms with Crippen LogP contribution in [0.4, 0.5) is 0 Å². The molecule has 194 valence electrons. The second-order valence-electron chi connectivity index (χ2n) is 9.34. The van der Waals surface area contributed by atoms with Gasteiger partial charge in [0.05, 0.1) is 13.2 Å². The van der Waals surface area contributed by atoms with Crippen molar-refractivity contribution in [1.82, 2.24) is 15.4 Å². The van der Waals surface area contributed by atoms with E-state index in [9.17, 15) is 14.7 Å². The van der Waals surface area contributed by atoms with Gasteiger partial charge >= 0.3 is 0 Å². The third kappa shape index (κ3) is 5.12. The number of methoxy groups -OCH3 is 1. The Morgan fingerprint density at radius 2 is 1.95 bits per heavy atom. The maximum absolute atomic E-state index is 13.8. The number of nitrogens with one attached hydrogen (secondary N) is 2. The van der Waals surface area contributed by atoms with Crippen LogP contribution < -0.4 is 10.2 Å². The summed E-state index contributed by atoms with van der Waals surface area (Å²) >= 11 is 0. The summed E-state index contributed by atoms with van der Waals surface area (Å²) < 4.78 is 5.33. The van der Waals surface area contributed by atoms with Gasteiger partial charge < -0.3 is 19.7 Å². The van der Waals surface area contributed by atoms with Gasteiger partial charge in [-0.25, -0.2) is 5.48 Å². The number of H-pyrrole nitrogens is 1. The molecule has 0 saturated carbocycles. The summed E-state index contributed by atoms with van der Waals surface area (Å²) in [7, 11) is 1.64. The summed E-state index contributed by atoms with van der Waals surface area (Å²) in [5.41, 5.74) is 7.28. The summed E-state index contributed by atoms with van der Waals surface area (Å²) in [5, 5.41) is 19.5. The first-order valence-corrected chi connectivity index (χ1v) is 12.5. The van der Waals surface area contributed by atoms with Crippen molar-refractivity contribution in [2.75, 3.05) is 13.7 Å². The largest absolute Gasteiger partial charge is 0.508 e. The number of fused-ring (bicyclic) bond motifs is 2. The van der Waals surface area contributed by atoms with E-state index in [1.807, 2.05) is 47.5 Å². The highest BCUT2D eigenvalue weighted by Crippen LogP contribution is 2.38. The molecule has 0 fully saturated rings. The highest BCUT2D eigenvalue weighted by atomic mass is 16.5. The molecule has 1 aliphatic carbocycles. The Hall–Kier alpha value is -4.56. The zero-order valence-corrected chi connectivity index (χ0v) is 21.0. The molecule has 4 N–H and O–H groups in total. The number of nitrogens with zero attached hydrogens (tertiary/aromatic N) is 1. The molecule has 0 spiro atoms. The Bertz CT molecular complexity index is 1510. The second kappa shape index (κ2) is 10.8. The van der Waals surface area contributed by atoms with Crippen molar-refractivity contribution in [3.63, 3.8) is 0 Å². The van der Waals surface area contributed by atoms with Gasteiger partial charge in [0.25, 0.3) is 11.8 Å². The van der Waals surface area contributed by atoms with Gasteiger partial charge in [0.15, 0.2) is 0 Å². The predicted octanol–water partition coefficient (Wildman–Crippen LogP) is 4.77. The smallest absolute Gasteiger partial charge is 0.267 e. The van der Waals surface area contributed by atoms with Crippen LogP contribution in [-0.4, -0.2) is 45.7 Å². The Balaban J connectivity index is 1.43. The zero-order chi connectivity index (χ0) is 26.6. The molecule has 0 saturated heterocycles. The molecule has 1 heterocycles. The molecular formula is C30H29N3O5. The minimum atomic E-state index is -0.593. The maximum Gasteiger partial charge on any atom is 0.267 e. The molecular weight excluding hydrogens is 482 g/mol. The molecule has 5 rings (SSSR count). The predicted molar refractivity (Wildman–Crippen MR) is 144 cm³/mol. The molecule has 8 nitrogen and oxygen atoms in total. The maximum atomic E-state index is 13.8. The fraction of sp³-hybridized carbons (Fsp3) is 0.200. The monoisotopic (exact) mass is 511 g/mol. The van der Waals surface area contributed by atoms with Crippen LogP contribution >= 0.6 is 0 Å². The van der Waals surface area contributed by atoms with Crippen LogP contribution in [-0.2, 0) is 17.6 Å². The average Bonchev–Trinajstić information content (AvgIpc) is 3.55. The van der Waals surface area contributed by atoms with E-state index < -0.39 is 5.91 Å². The van der Waals surface area contributed by atoms with Crippen LogP contribution in [0.2, 0.25) is 0 Å². The normalized spacial score (nSPS) is 14.5. The summed E-state index contributed by atoms with van der Waals surface area (Å²) in [6, 6.07) is 18.1. The number of aromatic amines is 1. The lowest BCUT2D eigenvalue weighted by molar-refractivity contribution is -0.124. The van der Waals surface area contributed by atoms with Crippen molar-refractivity contribution in [2.45, 2.75) is 25.3 Å². The third-order valence-corrected chi connectivity index (χ3v) is 7.10. The molecule has 0 radical (unpaired) electrons. The highest BCUT2D eigenvalue weighted by Gasteiger charge is 2.31. The number of aromatic nitrogens is 1. The molecule has 3 aromatic carbocycles. The number of hydrogen-bond acceptors (Lipinski definition) is 5. The molecule has 2 amide bonds. The number of ether oxygens (including phenoxy) is 1. The lowest BCUT2D eigenvalue weighted by Gasteiger charge is -2.30. The number of rotatable bonds is 8. The molecule has 1 unspecified atom stereocenters. The Morgan fingerprint density at radius 3 is 2.71 bits per heavy atom. The van der Waals surface area contributed by atoms with E-state index in [0.29, 0.717) is 18.5 Å². The SMILES string of the molecule is COc1ccc2c(CCN(C(=O)c3ccc(O)cc3)C3CCc4cc(/C=C/C(=O)NO)ccc43)c[nH]c2c1. The fourth-order valence-electron chi connectivity index (χ4n) is 5.16. The number of aromatic hydroxyl groups is 1. The number of aryl methyl sites for hydroxylation is 1. The van der Waals surface area contributed by atoms with Crippen LogP contribution in [0.15, 0.2) is 72.9 Å². The van der Waals surface area contributed by atoms with Crippen LogP contribution in [0.1, 0.15) is 45.1 Å². The summed E-state index contributed by atoms with van der Waals surface area (Å²) in [6.45, 7) is 0.515. The van der Waals surface area contributed by atoms with Gasteiger partial charge in [0, 0.05) is 41.4 Å². The first kappa shape index (κ1) is 25.1. The highest BCUT2D eigenvalue weighted by molar-refractivity contribution is 5.95. The Labute approximate surface area is 220 Å². The van der Waals surface area contributed by atoms with Gasteiger partial charge in [0.1, 0.15) is 11.5 Å². The van der Waals surface area contributed by atoms with Gasteiger partial charge in [-0.3, -0.25) is 14.8 Å². The molecule has 1 atom stereocenters. The van der Waals surface area contributed by atoms with Crippen LogP contribution in [0.3, 0.4) is 0 Å². The average molecular weight is 512 g/mol. The van der Waals surface area contributed by atoms with E-state index in [4.69, 9.17) is 9.94 Å². The van der Waals surface area contributed by atoms with Crippen molar-refractivity contribution in [3.05, 3.63) is 101 Å². The number of hydrogen-bond donors (Lipinski definition) is 4. The number of phenolic OH excluding ortho intramolecular Hbond substituents is 1. The minimum absolute atomic E-state index is 0.0899. The first-order chi connectivity index (χ1) is 18.5. The van der Waals surface area contributed by atoms with E-state index >= 15 is 0 Å². The van der Waals surface area contributed by atoms with Gasteiger partial charge in [-0.15, -0.1) is 0 Å². The van der Waals surface area contributed by atoms with Crippen molar-refractivity contribution in [3.8, 4) is 11.5 Å². The molecule has 1 aromatic heterocycles.